The van der Waals surface area contributed by atoms with E-state index in [2.05, 4.69) is 47.8 Å². The van der Waals surface area contributed by atoms with Gasteiger partial charge in [0.1, 0.15) is 23.1 Å². The summed E-state index contributed by atoms with van der Waals surface area (Å²) in [4.78, 5) is 23.5. The van der Waals surface area contributed by atoms with Crippen molar-refractivity contribution in [1.29, 1.82) is 0 Å². The number of thioether (sulfide) groups is 1. The lowest BCUT2D eigenvalue weighted by atomic mass is 9.99. The topological polar surface area (TPSA) is 84.9 Å². The molecule has 0 aromatic heterocycles. The highest BCUT2D eigenvalue weighted by molar-refractivity contribution is 7.98. The predicted octanol–water partition coefficient (Wildman–Crippen LogP) is 8.02. The van der Waals surface area contributed by atoms with E-state index in [9.17, 15) is 14.7 Å². The van der Waals surface area contributed by atoms with Gasteiger partial charge in [0, 0.05) is 17.1 Å². The van der Waals surface area contributed by atoms with Gasteiger partial charge in [0.05, 0.1) is 0 Å². The number of amides is 1. The molecule has 4 aromatic rings. The van der Waals surface area contributed by atoms with Gasteiger partial charge in [-0.05, 0) is 61.2 Å². The average molecular weight is 556 g/mol. The van der Waals surface area contributed by atoms with Crippen LogP contribution in [0.5, 0.6) is 11.5 Å². The van der Waals surface area contributed by atoms with Crippen molar-refractivity contribution in [2.45, 2.75) is 38.2 Å². The van der Waals surface area contributed by atoms with Crippen LogP contribution in [0.25, 0.3) is 22.3 Å². The Hall–Kier alpha value is -4.23. The van der Waals surface area contributed by atoms with Crippen molar-refractivity contribution in [2.75, 3.05) is 5.75 Å². The van der Waals surface area contributed by atoms with Crippen LogP contribution in [0, 0.1) is 0 Å². The summed E-state index contributed by atoms with van der Waals surface area (Å²) in [5, 5.41) is 11.9. The first-order chi connectivity index (χ1) is 19.2. The van der Waals surface area contributed by atoms with E-state index in [0.29, 0.717) is 5.75 Å². The number of benzene rings is 4. The van der Waals surface area contributed by atoms with Gasteiger partial charge in [0.2, 0.25) is 0 Å². The molecule has 1 atom stereocenters. The van der Waals surface area contributed by atoms with Gasteiger partial charge < -0.3 is 19.9 Å². The summed E-state index contributed by atoms with van der Waals surface area (Å²) in [6.07, 6.45) is -0.733. The third-order valence-electron chi connectivity index (χ3n) is 5.88. The molecule has 0 saturated carbocycles. The Labute approximate surface area is 239 Å². The van der Waals surface area contributed by atoms with Crippen LogP contribution in [0.4, 0.5) is 4.79 Å². The number of carbonyl (C=O) groups excluding carboxylic acids is 1. The maximum Gasteiger partial charge on any atom is 0.408 e. The fraction of sp³-hybridized carbons (Fsp3) is 0.212. The predicted molar refractivity (Wildman–Crippen MR) is 161 cm³/mol. The molecular weight excluding hydrogens is 522 g/mol. The summed E-state index contributed by atoms with van der Waals surface area (Å²) in [6, 6.07) is 33.3. The quantitative estimate of drug-likeness (QED) is 0.206. The highest BCUT2D eigenvalue weighted by Gasteiger charge is 2.23. The molecule has 4 rings (SSSR count). The fourth-order valence-electron chi connectivity index (χ4n) is 3.96. The second-order valence-corrected chi connectivity index (χ2v) is 11.3. The zero-order valence-electron chi connectivity index (χ0n) is 22.8. The molecule has 40 heavy (non-hydrogen) atoms. The maximum atomic E-state index is 12.0. The summed E-state index contributed by atoms with van der Waals surface area (Å²) >= 11 is 1.44. The van der Waals surface area contributed by atoms with Crippen LogP contribution >= 0.6 is 11.8 Å². The number of alkyl carbamates (subject to hydrolysis) is 1. The van der Waals surface area contributed by atoms with E-state index in [1.165, 1.54) is 11.8 Å². The van der Waals surface area contributed by atoms with Crippen LogP contribution in [0.3, 0.4) is 0 Å². The Morgan fingerprint density at radius 1 is 0.800 bits per heavy atom. The molecule has 1 amide bonds. The lowest BCUT2D eigenvalue weighted by molar-refractivity contribution is -0.138. The maximum absolute atomic E-state index is 12.0. The van der Waals surface area contributed by atoms with Gasteiger partial charge in [-0.25, -0.2) is 9.59 Å². The molecule has 2 N–H and O–H groups in total. The molecule has 0 aliphatic carbocycles. The van der Waals surface area contributed by atoms with E-state index in [0.717, 1.165) is 39.3 Å². The zero-order valence-corrected chi connectivity index (χ0v) is 23.6. The van der Waals surface area contributed by atoms with Crippen LogP contribution < -0.4 is 10.1 Å². The van der Waals surface area contributed by atoms with Gasteiger partial charge in [-0.3, -0.25) is 0 Å². The summed E-state index contributed by atoms with van der Waals surface area (Å²) in [6.45, 7) is 5.20. The monoisotopic (exact) mass is 555 g/mol. The summed E-state index contributed by atoms with van der Waals surface area (Å²) in [5.74, 6) is 1.36. The minimum Gasteiger partial charge on any atom is -0.480 e. The van der Waals surface area contributed by atoms with Crippen LogP contribution in [0.15, 0.2) is 103 Å². The molecule has 0 heterocycles. The Bertz CT molecular complexity index is 1410. The van der Waals surface area contributed by atoms with E-state index in [1.54, 1.807) is 20.8 Å². The number of hydrogen-bond acceptors (Lipinski definition) is 5. The third-order valence-corrected chi connectivity index (χ3v) is 6.99. The summed E-state index contributed by atoms with van der Waals surface area (Å²) in [5.41, 5.74) is 4.64. The normalized spacial score (nSPS) is 11.9. The Balaban J connectivity index is 1.35. The number of ether oxygens (including phenoxy) is 2. The van der Waals surface area contributed by atoms with Crippen molar-refractivity contribution < 1.29 is 24.2 Å². The molecule has 0 bridgehead atoms. The smallest absolute Gasteiger partial charge is 0.408 e. The molecule has 7 heteroatoms. The zero-order chi connectivity index (χ0) is 28.5. The number of nitrogens with one attached hydrogen (secondary N) is 1. The molecule has 0 aliphatic rings. The van der Waals surface area contributed by atoms with Crippen LogP contribution in [-0.2, 0) is 15.3 Å². The van der Waals surface area contributed by atoms with Crippen molar-refractivity contribution in [3.63, 3.8) is 0 Å². The molecule has 0 spiro atoms. The molecule has 206 valence electrons. The first kappa shape index (κ1) is 28.8. The van der Waals surface area contributed by atoms with E-state index < -0.39 is 23.7 Å². The lowest BCUT2D eigenvalue weighted by Crippen LogP contribution is -2.44. The minimum atomic E-state index is -1.09. The van der Waals surface area contributed by atoms with E-state index in [4.69, 9.17) is 9.47 Å². The van der Waals surface area contributed by atoms with Gasteiger partial charge in [0.15, 0.2) is 0 Å². The van der Waals surface area contributed by atoms with Crippen LogP contribution in [-0.4, -0.2) is 34.6 Å². The average Bonchev–Trinajstić information content (AvgIpc) is 2.93. The lowest BCUT2D eigenvalue weighted by Gasteiger charge is -2.21. The Morgan fingerprint density at radius 2 is 1.38 bits per heavy atom. The van der Waals surface area contributed by atoms with Crippen LogP contribution in [0.2, 0.25) is 0 Å². The van der Waals surface area contributed by atoms with Gasteiger partial charge in [-0.2, -0.15) is 11.8 Å². The van der Waals surface area contributed by atoms with Crippen molar-refractivity contribution in [2.24, 2.45) is 0 Å². The number of carboxylic acid groups (broad SMARTS) is 1. The SMILES string of the molecule is CC(C)(C)OC(=O)NC(CSCc1ccc(-c2ccc(-c3ccccc3Oc3ccccc3)cc2)cc1)C(=O)O. The molecule has 4 aromatic carbocycles. The van der Waals surface area contributed by atoms with Gasteiger partial charge >= 0.3 is 12.1 Å². The first-order valence-electron chi connectivity index (χ1n) is 13.0. The molecule has 0 saturated heterocycles. The highest BCUT2D eigenvalue weighted by atomic mass is 32.2. The molecule has 0 aliphatic heterocycles. The minimum absolute atomic E-state index is 0.229. The number of rotatable bonds is 10. The molecule has 1 unspecified atom stereocenters. The van der Waals surface area contributed by atoms with Gasteiger partial charge in [-0.1, -0.05) is 84.9 Å². The number of hydrogen-bond donors (Lipinski definition) is 2. The largest absolute Gasteiger partial charge is 0.480 e. The third kappa shape index (κ3) is 8.38. The van der Waals surface area contributed by atoms with Crippen LogP contribution in [0.1, 0.15) is 26.3 Å². The second-order valence-electron chi connectivity index (χ2n) is 10.2. The Morgan fingerprint density at radius 3 is 2.00 bits per heavy atom. The first-order valence-corrected chi connectivity index (χ1v) is 14.2. The standard InChI is InChI=1S/C33H33NO5S/c1-33(2,3)39-32(37)34-29(31(35)36)22-40-21-23-13-15-24(16-14-23)25-17-19-26(20-18-25)28-11-7-8-12-30(28)38-27-9-5-4-6-10-27/h4-20,29H,21-22H2,1-3H3,(H,34,37)(H,35,36). The van der Waals surface area contributed by atoms with Gasteiger partial charge in [-0.15, -0.1) is 0 Å². The van der Waals surface area contributed by atoms with Crippen molar-refractivity contribution >= 4 is 23.8 Å². The number of carbonyl (C=O) groups is 2. The second kappa shape index (κ2) is 13.2. The number of para-hydroxylation sites is 2. The van der Waals surface area contributed by atoms with E-state index >= 15 is 0 Å². The number of carboxylic acids is 1. The van der Waals surface area contributed by atoms with Gasteiger partial charge in [0.25, 0.3) is 0 Å². The number of aliphatic carboxylic acids is 1. The molecular formula is C33H33NO5S. The van der Waals surface area contributed by atoms with Crippen molar-refractivity contribution in [1.82, 2.24) is 5.32 Å². The summed E-state index contributed by atoms with van der Waals surface area (Å²) in [7, 11) is 0. The molecule has 0 fully saturated rings. The van der Waals surface area contributed by atoms with E-state index in [1.807, 2.05) is 60.7 Å². The molecule has 6 nitrogen and oxygen atoms in total. The summed E-state index contributed by atoms with van der Waals surface area (Å²) < 4.78 is 11.3. The van der Waals surface area contributed by atoms with Crippen molar-refractivity contribution in [3.8, 4) is 33.8 Å². The highest BCUT2D eigenvalue weighted by Crippen LogP contribution is 2.34. The fourth-order valence-corrected chi connectivity index (χ4v) is 4.97. The Kier molecular flexibility index (Phi) is 9.51. The molecule has 0 radical (unpaired) electrons. The van der Waals surface area contributed by atoms with Crippen molar-refractivity contribution in [3.05, 3.63) is 109 Å². The van der Waals surface area contributed by atoms with E-state index in [-0.39, 0.29) is 5.75 Å².